The molecule has 26 heavy (non-hydrogen) atoms. The van der Waals surface area contributed by atoms with Gasteiger partial charge in [0.2, 0.25) is 5.78 Å². The monoisotopic (exact) mass is 351 g/mol. The third kappa shape index (κ3) is 3.68. The molecule has 0 aliphatic heterocycles. The lowest BCUT2D eigenvalue weighted by Gasteiger charge is -2.05. The maximum absolute atomic E-state index is 12.5. The second-order valence-electron chi connectivity index (χ2n) is 6.02. The Labute approximate surface area is 151 Å². The van der Waals surface area contributed by atoms with Crippen LogP contribution in [0.25, 0.3) is 10.9 Å². The highest BCUT2D eigenvalue weighted by Gasteiger charge is 2.16. The van der Waals surface area contributed by atoms with E-state index in [1.807, 2.05) is 18.2 Å². The van der Waals surface area contributed by atoms with Crippen molar-refractivity contribution in [1.29, 1.82) is 0 Å². The summed E-state index contributed by atoms with van der Waals surface area (Å²) in [5.74, 6) is -0.745. The lowest BCUT2D eigenvalue weighted by molar-refractivity contribution is 0.0475. The van der Waals surface area contributed by atoms with E-state index >= 15 is 0 Å². The summed E-state index contributed by atoms with van der Waals surface area (Å²) in [6.45, 7) is 2.26. The molecule has 3 rings (SSSR count). The van der Waals surface area contributed by atoms with Crippen LogP contribution < -0.4 is 0 Å². The van der Waals surface area contributed by atoms with Crippen LogP contribution in [0.15, 0.2) is 48.7 Å². The van der Waals surface area contributed by atoms with E-state index in [0.717, 1.165) is 28.5 Å². The highest BCUT2D eigenvalue weighted by atomic mass is 16.5. The molecule has 0 radical (unpaired) electrons. The highest BCUT2D eigenvalue weighted by molar-refractivity contribution is 6.09. The molecule has 5 heteroatoms. The van der Waals surface area contributed by atoms with Crippen LogP contribution in [0, 0.1) is 0 Å². The van der Waals surface area contributed by atoms with Crippen LogP contribution in [0.4, 0.5) is 0 Å². The molecule has 0 bridgehead atoms. The normalized spacial score (nSPS) is 10.8. The summed E-state index contributed by atoms with van der Waals surface area (Å²) in [7, 11) is 1.61. The molecule has 0 saturated carbocycles. The van der Waals surface area contributed by atoms with Crippen molar-refractivity contribution in [3.8, 4) is 0 Å². The standard InChI is InChI=1S/C21H21NO4/c1-3-15-5-4-6-17-18(11-22-20(15)17)19(23)13-26-21(24)16-9-7-14(8-10-16)12-25-2/h4-11,22H,3,12-13H2,1-2H3. The molecule has 1 N–H and O–H groups in total. The van der Waals surface area contributed by atoms with Crippen LogP contribution in [0.3, 0.4) is 0 Å². The third-order valence-corrected chi connectivity index (χ3v) is 4.32. The Hall–Kier alpha value is -2.92. The molecule has 0 saturated heterocycles. The maximum atomic E-state index is 12.5. The third-order valence-electron chi connectivity index (χ3n) is 4.32. The highest BCUT2D eigenvalue weighted by Crippen LogP contribution is 2.22. The number of ether oxygens (including phenoxy) is 2. The Morgan fingerprint density at radius 1 is 1.08 bits per heavy atom. The molecule has 0 aliphatic rings. The van der Waals surface area contributed by atoms with Gasteiger partial charge in [-0.15, -0.1) is 0 Å². The van der Waals surface area contributed by atoms with Gasteiger partial charge < -0.3 is 14.5 Å². The van der Waals surface area contributed by atoms with Crippen LogP contribution in [-0.4, -0.2) is 30.5 Å². The topological polar surface area (TPSA) is 68.4 Å². The average molecular weight is 351 g/mol. The number of Topliss-reactive ketones (excluding diaryl/α,β-unsaturated/α-hetero) is 1. The van der Waals surface area contributed by atoms with Crippen molar-refractivity contribution < 1.29 is 19.1 Å². The second-order valence-corrected chi connectivity index (χ2v) is 6.02. The number of fused-ring (bicyclic) bond motifs is 1. The summed E-state index contributed by atoms with van der Waals surface area (Å²) < 4.78 is 10.2. The molecular weight excluding hydrogens is 330 g/mol. The number of aromatic nitrogens is 1. The number of esters is 1. The van der Waals surface area contributed by atoms with Gasteiger partial charge in [-0.2, -0.15) is 0 Å². The number of nitrogens with one attached hydrogen (secondary N) is 1. The van der Waals surface area contributed by atoms with E-state index in [4.69, 9.17) is 9.47 Å². The maximum Gasteiger partial charge on any atom is 0.338 e. The fourth-order valence-electron chi connectivity index (χ4n) is 2.94. The van der Waals surface area contributed by atoms with Crippen molar-refractivity contribution in [2.75, 3.05) is 13.7 Å². The number of methoxy groups -OCH3 is 1. The first-order chi connectivity index (χ1) is 12.6. The molecule has 3 aromatic rings. The number of H-pyrrole nitrogens is 1. The smallest absolute Gasteiger partial charge is 0.338 e. The SMILES string of the molecule is CCc1cccc2c(C(=O)COC(=O)c3ccc(COC)cc3)c[nH]c12. The number of carbonyl (C=O) groups is 2. The lowest BCUT2D eigenvalue weighted by atomic mass is 10.1. The Morgan fingerprint density at radius 3 is 2.54 bits per heavy atom. The molecule has 0 fully saturated rings. The van der Waals surface area contributed by atoms with Gasteiger partial charge in [-0.25, -0.2) is 4.79 Å². The molecule has 1 heterocycles. The van der Waals surface area contributed by atoms with E-state index in [0.29, 0.717) is 17.7 Å². The molecular formula is C21H21NO4. The van der Waals surface area contributed by atoms with Gasteiger partial charge in [0.25, 0.3) is 0 Å². The van der Waals surface area contributed by atoms with Gasteiger partial charge in [0.05, 0.1) is 12.2 Å². The van der Waals surface area contributed by atoms with Gasteiger partial charge in [-0.3, -0.25) is 4.79 Å². The molecule has 0 amide bonds. The number of carbonyl (C=O) groups excluding carboxylic acids is 2. The summed E-state index contributed by atoms with van der Waals surface area (Å²) in [5, 5.41) is 0.856. The number of aromatic amines is 1. The summed E-state index contributed by atoms with van der Waals surface area (Å²) in [6, 6.07) is 12.8. The number of rotatable bonds is 7. The Balaban J connectivity index is 1.68. The predicted octanol–water partition coefficient (Wildman–Crippen LogP) is 3.92. The minimum absolute atomic E-state index is 0.228. The fourth-order valence-corrected chi connectivity index (χ4v) is 2.94. The molecule has 134 valence electrons. The summed E-state index contributed by atoms with van der Waals surface area (Å²) in [5.41, 5.74) is 4.02. The van der Waals surface area contributed by atoms with Crippen LogP contribution in [0.1, 0.15) is 38.8 Å². The summed E-state index contributed by atoms with van der Waals surface area (Å²) >= 11 is 0. The molecule has 0 aliphatic carbocycles. The largest absolute Gasteiger partial charge is 0.454 e. The van der Waals surface area contributed by atoms with Crippen molar-refractivity contribution in [3.05, 3.63) is 70.9 Å². The van der Waals surface area contributed by atoms with Gasteiger partial charge in [0.15, 0.2) is 6.61 Å². The first-order valence-electron chi connectivity index (χ1n) is 8.51. The van der Waals surface area contributed by atoms with E-state index in [-0.39, 0.29) is 12.4 Å². The zero-order valence-electron chi connectivity index (χ0n) is 14.9. The molecule has 0 unspecified atom stereocenters. The zero-order chi connectivity index (χ0) is 18.5. The number of para-hydroxylation sites is 1. The Kier molecular flexibility index (Phi) is 5.49. The average Bonchev–Trinajstić information content (AvgIpc) is 3.11. The Bertz CT molecular complexity index is 925. The number of ketones is 1. The molecule has 0 atom stereocenters. The van der Waals surface area contributed by atoms with Crippen LogP contribution in [0.2, 0.25) is 0 Å². The molecule has 2 aromatic carbocycles. The first kappa shape index (κ1) is 17.9. The molecule has 0 spiro atoms. The van der Waals surface area contributed by atoms with Crippen LogP contribution in [0.5, 0.6) is 0 Å². The van der Waals surface area contributed by atoms with Crippen molar-refractivity contribution in [2.24, 2.45) is 0 Å². The van der Waals surface area contributed by atoms with Gasteiger partial charge in [-0.1, -0.05) is 37.3 Å². The predicted molar refractivity (Wildman–Crippen MR) is 99.4 cm³/mol. The van der Waals surface area contributed by atoms with Gasteiger partial charge in [0.1, 0.15) is 0 Å². The van der Waals surface area contributed by atoms with E-state index in [2.05, 4.69) is 11.9 Å². The van der Waals surface area contributed by atoms with E-state index in [1.165, 1.54) is 0 Å². The second kappa shape index (κ2) is 7.97. The Morgan fingerprint density at radius 2 is 1.85 bits per heavy atom. The number of benzene rings is 2. The van der Waals surface area contributed by atoms with Gasteiger partial charge in [0, 0.05) is 29.8 Å². The number of hydrogen-bond acceptors (Lipinski definition) is 4. The fraction of sp³-hybridized carbons (Fsp3) is 0.238. The number of hydrogen-bond donors (Lipinski definition) is 1. The van der Waals surface area contributed by atoms with Crippen molar-refractivity contribution in [1.82, 2.24) is 4.98 Å². The lowest BCUT2D eigenvalue weighted by Crippen LogP contribution is -2.14. The molecule has 1 aromatic heterocycles. The minimum Gasteiger partial charge on any atom is -0.454 e. The van der Waals surface area contributed by atoms with Crippen molar-refractivity contribution in [3.63, 3.8) is 0 Å². The van der Waals surface area contributed by atoms with Crippen LogP contribution >= 0.6 is 0 Å². The van der Waals surface area contributed by atoms with Crippen LogP contribution in [-0.2, 0) is 22.5 Å². The van der Waals surface area contributed by atoms with Crippen molar-refractivity contribution >= 4 is 22.7 Å². The molecule has 5 nitrogen and oxygen atoms in total. The number of aryl methyl sites for hydroxylation is 1. The minimum atomic E-state index is -0.517. The quantitative estimate of drug-likeness (QED) is 0.517. The summed E-state index contributed by atoms with van der Waals surface area (Å²) in [4.78, 5) is 27.8. The van der Waals surface area contributed by atoms with E-state index in [9.17, 15) is 9.59 Å². The van der Waals surface area contributed by atoms with Crippen molar-refractivity contribution in [2.45, 2.75) is 20.0 Å². The first-order valence-corrected chi connectivity index (χ1v) is 8.51. The zero-order valence-corrected chi connectivity index (χ0v) is 14.9. The van der Waals surface area contributed by atoms with Gasteiger partial charge in [-0.05, 0) is 29.7 Å². The van der Waals surface area contributed by atoms with E-state index in [1.54, 1.807) is 37.6 Å². The van der Waals surface area contributed by atoms with Gasteiger partial charge >= 0.3 is 5.97 Å². The summed E-state index contributed by atoms with van der Waals surface area (Å²) in [6.07, 6.45) is 2.55. The van der Waals surface area contributed by atoms with E-state index < -0.39 is 5.97 Å².